The first kappa shape index (κ1) is 24.9. The molecule has 1 aliphatic rings. The van der Waals surface area contributed by atoms with E-state index in [0.29, 0.717) is 20.3 Å². The lowest BCUT2D eigenvalue weighted by Crippen LogP contribution is -2.51. The third kappa shape index (κ3) is 6.87. The molecule has 1 saturated carbocycles. The molecule has 2 aromatic rings. The van der Waals surface area contributed by atoms with Crippen molar-refractivity contribution >= 4 is 50.9 Å². The van der Waals surface area contributed by atoms with Gasteiger partial charge < -0.3 is 15.0 Å². The van der Waals surface area contributed by atoms with E-state index in [9.17, 15) is 9.59 Å². The van der Waals surface area contributed by atoms with Gasteiger partial charge in [-0.3, -0.25) is 9.59 Å². The van der Waals surface area contributed by atoms with Gasteiger partial charge >= 0.3 is 0 Å². The molecule has 1 N–H and O–H groups in total. The molecule has 0 spiro atoms. The Balaban J connectivity index is 1.73. The maximum Gasteiger partial charge on any atom is 0.261 e. The Morgan fingerprint density at radius 3 is 2.56 bits per heavy atom. The van der Waals surface area contributed by atoms with Crippen molar-refractivity contribution in [3.8, 4) is 5.75 Å². The van der Waals surface area contributed by atoms with Crippen LogP contribution in [0.5, 0.6) is 5.75 Å². The van der Waals surface area contributed by atoms with Gasteiger partial charge in [0.2, 0.25) is 5.91 Å². The fraction of sp³-hybridized carbons (Fsp3) is 0.417. The van der Waals surface area contributed by atoms with Crippen LogP contribution in [-0.4, -0.2) is 35.4 Å². The van der Waals surface area contributed by atoms with Gasteiger partial charge in [0.25, 0.3) is 5.91 Å². The van der Waals surface area contributed by atoms with Gasteiger partial charge in [-0.15, -0.1) is 0 Å². The molecule has 0 aliphatic heterocycles. The standard InChI is InChI=1S/C24H27BrCl2N2O3/c1-16(24(31)28-19-8-3-2-4-9-19)29(14-17-7-5-6-10-21(17)27)23(30)15-32-22-12-11-18(26)13-20(22)25/h5-7,10-13,16,19H,2-4,8-9,14-15H2,1H3,(H,28,31)/t16-/m1/s1. The van der Waals surface area contributed by atoms with Crippen molar-refractivity contribution in [2.24, 2.45) is 0 Å². The number of carbonyl (C=O) groups is 2. The van der Waals surface area contributed by atoms with E-state index in [4.69, 9.17) is 27.9 Å². The van der Waals surface area contributed by atoms with Gasteiger partial charge in [-0.25, -0.2) is 0 Å². The van der Waals surface area contributed by atoms with Gasteiger partial charge in [-0.1, -0.05) is 60.7 Å². The molecule has 32 heavy (non-hydrogen) atoms. The van der Waals surface area contributed by atoms with E-state index < -0.39 is 6.04 Å². The van der Waals surface area contributed by atoms with Crippen LogP contribution in [0.4, 0.5) is 0 Å². The Kier molecular flexibility index (Phi) is 9.26. The lowest BCUT2D eigenvalue weighted by atomic mass is 9.95. The van der Waals surface area contributed by atoms with E-state index in [1.165, 1.54) is 11.3 Å². The predicted molar refractivity (Wildman–Crippen MR) is 131 cm³/mol. The quantitative estimate of drug-likeness (QED) is 0.445. The molecule has 0 aromatic heterocycles. The first-order chi connectivity index (χ1) is 15.3. The summed E-state index contributed by atoms with van der Waals surface area (Å²) >= 11 is 15.7. The Labute approximate surface area is 207 Å². The lowest BCUT2D eigenvalue weighted by Gasteiger charge is -2.31. The summed E-state index contributed by atoms with van der Waals surface area (Å²) < 4.78 is 6.37. The molecule has 2 amide bonds. The van der Waals surface area contributed by atoms with Gasteiger partial charge in [-0.05, 0) is 65.5 Å². The number of nitrogens with one attached hydrogen (secondary N) is 1. The van der Waals surface area contributed by atoms with Crippen molar-refractivity contribution in [2.75, 3.05) is 6.61 Å². The zero-order valence-electron chi connectivity index (χ0n) is 18.0. The van der Waals surface area contributed by atoms with Crippen LogP contribution in [0.15, 0.2) is 46.9 Å². The van der Waals surface area contributed by atoms with E-state index in [-0.39, 0.29) is 31.0 Å². The number of nitrogens with zero attached hydrogens (tertiary/aromatic N) is 1. The number of amides is 2. The fourth-order valence-electron chi connectivity index (χ4n) is 3.78. The second-order valence-electron chi connectivity index (χ2n) is 8.00. The first-order valence-electron chi connectivity index (χ1n) is 10.8. The van der Waals surface area contributed by atoms with Crippen molar-refractivity contribution < 1.29 is 14.3 Å². The van der Waals surface area contributed by atoms with Crippen LogP contribution in [0, 0.1) is 0 Å². The number of carbonyl (C=O) groups excluding carboxylic acids is 2. The average Bonchev–Trinajstić information content (AvgIpc) is 2.78. The SMILES string of the molecule is C[C@H](C(=O)NC1CCCCC1)N(Cc1ccccc1Cl)C(=O)COc1ccc(Cl)cc1Br. The summed E-state index contributed by atoms with van der Waals surface area (Å²) in [6, 6.07) is 11.9. The van der Waals surface area contributed by atoms with Crippen molar-refractivity contribution in [3.05, 3.63) is 62.5 Å². The van der Waals surface area contributed by atoms with Crippen LogP contribution in [0.2, 0.25) is 10.0 Å². The summed E-state index contributed by atoms with van der Waals surface area (Å²) in [4.78, 5) is 27.7. The number of benzene rings is 2. The van der Waals surface area contributed by atoms with Gasteiger partial charge in [0.05, 0.1) is 4.47 Å². The highest BCUT2D eigenvalue weighted by Gasteiger charge is 2.29. The molecule has 0 unspecified atom stereocenters. The minimum Gasteiger partial charge on any atom is -0.483 e. The van der Waals surface area contributed by atoms with Crippen molar-refractivity contribution in [3.63, 3.8) is 0 Å². The normalized spacial score (nSPS) is 15.1. The van der Waals surface area contributed by atoms with E-state index in [2.05, 4.69) is 21.2 Å². The molecule has 172 valence electrons. The van der Waals surface area contributed by atoms with Crippen LogP contribution in [0.3, 0.4) is 0 Å². The molecule has 0 radical (unpaired) electrons. The highest BCUT2D eigenvalue weighted by atomic mass is 79.9. The van der Waals surface area contributed by atoms with Crippen LogP contribution >= 0.6 is 39.1 Å². The summed E-state index contributed by atoms with van der Waals surface area (Å²) in [5.74, 6) is 0.0304. The number of rotatable bonds is 8. The van der Waals surface area contributed by atoms with E-state index in [1.807, 2.05) is 18.2 Å². The lowest BCUT2D eigenvalue weighted by molar-refractivity contribution is -0.142. The summed E-state index contributed by atoms with van der Waals surface area (Å²) in [6.07, 6.45) is 5.39. The van der Waals surface area contributed by atoms with Crippen LogP contribution in [0.25, 0.3) is 0 Å². The van der Waals surface area contributed by atoms with E-state index in [1.54, 1.807) is 31.2 Å². The molecule has 0 saturated heterocycles. The average molecular weight is 542 g/mol. The van der Waals surface area contributed by atoms with Crippen LogP contribution in [0.1, 0.15) is 44.6 Å². The topological polar surface area (TPSA) is 58.6 Å². The molecular weight excluding hydrogens is 515 g/mol. The summed E-state index contributed by atoms with van der Waals surface area (Å²) in [5, 5.41) is 4.22. The number of halogens is 3. The van der Waals surface area contributed by atoms with Crippen molar-refractivity contribution in [2.45, 2.75) is 57.7 Å². The number of hydrogen-bond donors (Lipinski definition) is 1. The first-order valence-corrected chi connectivity index (χ1v) is 12.3. The van der Waals surface area contributed by atoms with Crippen molar-refractivity contribution in [1.82, 2.24) is 10.2 Å². The van der Waals surface area contributed by atoms with Crippen LogP contribution < -0.4 is 10.1 Å². The van der Waals surface area contributed by atoms with Crippen LogP contribution in [-0.2, 0) is 16.1 Å². The maximum atomic E-state index is 13.2. The smallest absolute Gasteiger partial charge is 0.261 e. The number of ether oxygens (including phenoxy) is 1. The molecule has 1 fully saturated rings. The summed E-state index contributed by atoms with van der Waals surface area (Å²) in [5.41, 5.74) is 0.771. The fourth-order valence-corrected chi connectivity index (χ4v) is 4.77. The minimum absolute atomic E-state index is 0.162. The molecule has 5 nitrogen and oxygen atoms in total. The zero-order chi connectivity index (χ0) is 23.1. The second kappa shape index (κ2) is 11.9. The third-order valence-electron chi connectivity index (χ3n) is 5.66. The summed E-state index contributed by atoms with van der Waals surface area (Å²) in [6.45, 7) is 1.74. The van der Waals surface area contributed by atoms with E-state index in [0.717, 1.165) is 31.2 Å². The molecule has 0 heterocycles. The zero-order valence-corrected chi connectivity index (χ0v) is 21.0. The van der Waals surface area contributed by atoms with Gasteiger partial charge in [-0.2, -0.15) is 0 Å². The monoisotopic (exact) mass is 540 g/mol. The molecule has 8 heteroatoms. The Bertz CT molecular complexity index is 951. The van der Waals surface area contributed by atoms with E-state index >= 15 is 0 Å². The van der Waals surface area contributed by atoms with Crippen molar-refractivity contribution in [1.29, 1.82) is 0 Å². The third-order valence-corrected chi connectivity index (χ3v) is 6.89. The minimum atomic E-state index is -0.669. The number of hydrogen-bond acceptors (Lipinski definition) is 3. The Hall–Kier alpha value is -1.76. The highest BCUT2D eigenvalue weighted by Crippen LogP contribution is 2.28. The van der Waals surface area contributed by atoms with Gasteiger partial charge in [0.1, 0.15) is 11.8 Å². The predicted octanol–water partition coefficient (Wildman–Crippen LogP) is 6.00. The Morgan fingerprint density at radius 2 is 1.88 bits per heavy atom. The maximum absolute atomic E-state index is 13.2. The largest absolute Gasteiger partial charge is 0.483 e. The molecular formula is C24H27BrCl2N2O3. The summed E-state index contributed by atoms with van der Waals surface area (Å²) in [7, 11) is 0. The molecule has 2 aromatic carbocycles. The van der Waals surface area contributed by atoms with Gasteiger partial charge in [0, 0.05) is 22.6 Å². The Morgan fingerprint density at radius 1 is 1.16 bits per heavy atom. The second-order valence-corrected chi connectivity index (χ2v) is 9.69. The van der Waals surface area contributed by atoms with Gasteiger partial charge in [0.15, 0.2) is 6.61 Å². The molecule has 3 rings (SSSR count). The highest BCUT2D eigenvalue weighted by molar-refractivity contribution is 9.10. The molecule has 1 atom stereocenters. The molecule has 0 bridgehead atoms. The molecule has 1 aliphatic carbocycles.